The van der Waals surface area contributed by atoms with Gasteiger partial charge in [-0.1, -0.05) is 13.0 Å². The Morgan fingerprint density at radius 1 is 1.07 bits per heavy atom. The first-order valence-corrected chi connectivity index (χ1v) is 8.60. The van der Waals surface area contributed by atoms with Crippen LogP contribution in [0.5, 0.6) is 0 Å². The molecule has 1 aromatic carbocycles. The van der Waals surface area contributed by atoms with Crippen LogP contribution in [0.3, 0.4) is 0 Å². The van der Waals surface area contributed by atoms with Crippen LogP contribution in [0, 0.1) is 5.92 Å². The van der Waals surface area contributed by atoms with E-state index >= 15 is 0 Å². The second-order valence-electron chi connectivity index (χ2n) is 6.84. The normalized spacial score (nSPS) is 16.5. The summed E-state index contributed by atoms with van der Waals surface area (Å²) in [6, 6.07) is 3.39. The van der Waals surface area contributed by atoms with Crippen molar-refractivity contribution in [3.05, 3.63) is 47.3 Å². The largest absolute Gasteiger partial charge is 0.434 e. The van der Waals surface area contributed by atoms with Gasteiger partial charge in [0.05, 0.1) is 23.0 Å². The summed E-state index contributed by atoms with van der Waals surface area (Å²) in [6.45, 7) is 2.65. The van der Waals surface area contributed by atoms with E-state index in [4.69, 9.17) is 0 Å². The van der Waals surface area contributed by atoms with Gasteiger partial charge >= 0.3 is 12.4 Å². The van der Waals surface area contributed by atoms with Crippen LogP contribution in [0.15, 0.2) is 30.5 Å². The highest BCUT2D eigenvalue weighted by Gasteiger charge is 2.42. The van der Waals surface area contributed by atoms with Gasteiger partial charge in [0, 0.05) is 13.1 Å². The molecule has 0 spiro atoms. The van der Waals surface area contributed by atoms with Gasteiger partial charge in [0.2, 0.25) is 0 Å². The van der Waals surface area contributed by atoms with Gasteiger partial charge in [-0.05, 0) is 37.0 Å². The maximum absolute atomic E-state index is 13.7. The highest BCUT2D eigenvalue weighted by molar-refractivity contribution is 5.95. The van der Waals surface area contributed by atoms with Gasteiger partial charge in [-0.25, -0.2) is 4.68 Å². The van der Waals surface area contributed by atoms with E-state index in [0.29, 0.717) is 42.6 Å². The molecule has 0 radical (unpaired) electrons. The molecule has 1 amide bonds. The molecule has 0 aliphatic carbocycles. The predicted molar refractivity (Wildman–Crippen MR) is 87.9 cm³/mol. The van der Waals surface area contributed by atoms with Gasteiger partial charge < -0.3 is 4.90 Å². The number of benzene rings is 1. The zero-order chi connectivity index (χ0) is 20.7. The van der Waals surface area contributed by atoms with E-state index in [9.17, 15) is 31.1 Å². The number of alkyl halides is 6. The number of piperidine rings is 1. The Labute approximate surface area is 156 Å². The molecule has 1 aliphatic rings. The van der Waals surface area contributed by atoms with Crippen LogP contribution in [0.2, 0.25) is 0 Å². The van der Waals surface area contributed by atoms with Crippen LogP contribution in [-0.4, -0.2) is 33.7 Å². The highest BCUT2D eigenvalue weighted by atomic mass is 19.4. The molecule has 0 saturated carbocycles. The summed E-state index contributed by atoms with van der Waals surface area (Å²) >= 11 is 0. The summed E-state index contributed by atoms with van der Waals surface area (Å²) in [5.41, 5.74) is -3.57. The first kappa shape index (κ1) is 20.2. The number of hydrogen-bond donors (Lipinski definition) is 0. The van der Waals surface area contributed by atoms with Gasteiger partial charge in [0.25, 0.3) is 5.91 Å². The molecular formula is C18H17F6N3O. The predicted octanol–water partition coefficient (Wildman–Crippen LogP) is 4.78. The first-order valence-electron chi connectivity index (χ1n) is 8.60. The number of carbonyl (C=O) groups is 1. The van der Waals surface area contributed by atoms with Crippen LogP contribution < -0.4 is 0 Å². The fourth-order valence-corrected chi connectivity index (χ4v) is 3.17. The summed E-state index contributed by atoms with van der Waals surface area (Å²) in [4.78, 5) is 14.0. The zero-order valence-electron chi connectivity index (χ0n) is 14.8. The average molecular weight is 405 g/mol. The van der Waals surface area contributed by atoms with Crippen molar-refractivity contribution in [2.75, 3.05) is 13.1 Å². The third-order valence-electron chi connectivity index (χ3n) is 4.76. The third-order valence-corrected chi connectivity index (χ3v) is 4.76. The quantitative estimate of drug-likeness (QED) is 0.675. The second-order valence-corrected chi connectivity index (χ2v) is 6.84. The van der Waals surface area contributed by atoms with Crippen LogP contribution in [0.25, 0.3) is 5.69 Å². The summed E-state index contributed by atoms with van der Waals surface area (Å²) < 4.78 is 80.2. The fraction of sp³-hybridized carbons (Fsp3) is 0.444. The summed E-state index contributed by atoms with van der Waals surface area (Å²) in [5, 5.41) is 3.59. The van der Waals surface area contributed by atoms with Gasteiger partial charge in [0.15, 0.2) is 5.69 Å². The molecular weight excluding hydrogens is 388 g/mol. The number of aromatic nitrogens is 2. The number of nitrogens with zero attached hydrogens (tertiary/aromatic N) is 3. The summed E-state index contributed by atoms with van der Waals surface area (Å²) in [5.74, 6) is -0.448. The van der Waals surface area contributed by atoms with Crippen molar-refractivity contribution in [2.24, 2.45) is 5.92 Å². The standard InChI is InChI=1S/C18H17F6N3O/c1-11-5-7-26(8-6-11)16(28)14-10-25-27(15(14)18(22,23)24)13-4-2-3-12(9-13)17(19,20)21/h2-4,9-11H,5-8H2,1H3. The lowest BCUT2D eigenvalue weighted by Gasteiger charge is -2.30. The Hall–Kier alpha value is -2.52. The molecule has 1 aliphatic heterocycles. The Balaban J connectivity index is 2.04. The number of likely N-dealkylation sites (tertiary alicyclic amines) is 1. The van der Waals surface area contributed by atoms with Gasteiger partial charge in [-0.15, -0.1) is 0 Å². The van der Waals surface area contributed by atoms with E-state index in [2.05, 4.69) is 5.10 Å². The van der Waals surface area contributed by atoms with Crippen LogP contribution >= 0.6 is 0 Å². The smallest absolute Gasteiger partial charge is 0.339 e. The van der Waals surface area contributed by atoms with Gasteiger partial charge in [0.1, 0.15) is 0 Å². The monoisotopic (exact) mass is 405 g/mol. The Morgan fingerprint density at radius 3 is 2.29 bits per heavy atom. The molecule has 0 atom stereocenters. The van der Waals surface area contributed by atoms with Crippen molar-refractivity contribution in [3.63, 3.8) is 0 Å². The van der Waals surface area contributed by atoms with E-state index in [0.717, 1.165) is 24.4 Å². The Morgan fingerprint density at radius 2 is 1.71 bits per heavy atom. The van der Waals surface area contributed by atoms with E-state index in [1.54, 1.807) is 0 Å². The molecule has 2 aromatic rings. The van der Waals surface area contributed by atoms with Crippen molar-refractivity contribution in [3.8, 4) is 5.69 Å². The van der Waals surface area contributed by atoms with E-state index in [1.165, 1.54) is 4.90 Å². The minimum absolute atomic E-state index is 0.325. The molecule has 152 valence electrons. The SMILES string of the molecule is CC1CCN(C(=O)c2cnn(-c3cccc(C(F)(F)F)c3)c2C(F)(F)F)CC1. The molecule has 4 nitrogen and oxygen atoms in total. The average Bonchev–Trinajstić information content (AvgIpc) is 3.07. The number of carbonyl (C=O) groups excluding carboxylic acids is 1. The van der Waals surface area contributed by atoms with Crippen molar-refractivity contribution < 1.29 is 31.1 Å². The molecule has 1 saturated heterocycles. The molecule has 2 heterocycles. The lowest BCUT2D eigenvalue weighted by atomic mass is 9.98. The molecule has 1 aromatic heterocycles. The molecule has 1 fully saturated rings. The third kappa shape index (κ3) is 4.00. The minimum Gasteiger partial charge on any atom is -0.339 e. The lowest BCUT2D eigenvalue weighted by Crippen LogP contribution is -2.38. The highest BCUT2D eigenvalue weighted by Crippen LogP contribution is 2.36. The topological polar surface area (TPSA) is 38.1 Å². The lowest BCUT2D eigenvalue weighted by molar-refractivity contribution is -0.143. The minimum atomic E-state index is -4.97. The molecule has 0 unspecified atom stereocenters. The Bertz CT molecular complexity index is 863. The van der Waals surface area contributed by atoms with E-state index in [-0.39, 0.29) is 0 Å². The van der Waals surface area contributed by atoms with E-state index in [1.807, 2.05) is 6.92 Å². The van der Waals surface area contributed by atoms with Crippen LogP contribution in [0.4, 0.5) is 26.3 Å². The van der Waals surface area contributed by atoms with Gasteiger partial charge in [-0.2, -0.15) is 31.4 Å². The first-order chi connectivity index (χ1) is 13.0. The number of amides is 1. The Kier molecular flexibility index (Phi) is 5.16. The molecule has 0 bridgehead atoms. The maximum Gasteiger partial charge on any atom is 0.434 e. The van der Waals surface area contributed by atoms with E-state index < -0.39 is 40.8 Å². The van der Waals surface area contributed by atoms with Crippen molar-refractivity contribution in [1.82, 2.24) is 14.7 Å². The molecule has 0 N–H and O–H groups in total. The van der Waals surface area contributed by atoms with Crippen molar-refractivity contribution in [1.29, 1.82) is 0 Å². The van der Waals surface area contributed by atoms with Crippen molar-refractivity contribution in [2.45, 2.75) is 32.1 Å². The molecule has 3 rings (SSSR count). The van der Waals surface area contributed by atoms with Crippen LogP contribution in [-0.2, 0) is 12.4 Å². The van der Waals surface area contributed by atoms with Crippen molar-refractivity contribution >= 4 is 5.91 Å². The molecule has 10 heteroatoms. The van der Waals surface area contributed by atoms with Crippen LogP contribution in [0.1, 0.15) is 41.4 Å². The zero-order valence-corrected chi connectivity index (χ0v) is 14.8. The number of hydrogen-bond acceptors (Lipinski definition) is 2. The second kappa shape index (κ2) is 7.14. The van der Waals surface area contributed by atoms with Gasteiger partial charge in [-0.3, -0.25) is 4.79 Å². The fourth-order valence-electron chi connectivity index (χ4n) is 3.17. The molecule has 28 heavy (non-hydrogen) atoms. The summed E-state index contributed by atoms with van der Waals surface area (Å²) in [7, 11) is 0. The maximum atomic E-state index is 13.7. The summed E-state index contributed by atoms with van der Waals surface area (Å²) in [6.07, 6.45) is -7.57. The number of halogens is 6. The number of rotatable bonds is 2.